The molecule has 0 unspecified atom stereocenters. The van der Waals surface area contributed by atoms with Crippen molar-refractivity contribution in [3.05, 3.63) is 52.2 Å². The maximum atomic E-state index is 13.2. The van der Waals surface area contributed by atoms with Crippen LogP contribution in [-0.4, -0.2) is 51.0 Å². The third-order valence-corrected chi connectivity index (χ3v) is 8.66. The van der Waals surface area contributed by atoms with Crippen molar-refractivity contribution in [2.45, 2.75) is 76.4 Å². The number of hydrogen-bond donors (Lipinski definition) is 2. The van der Waals surface area contributed by atoms with E-state index >= 15 is 0 Å². The fraction of sp³-hybridized carbons (Fsp3) is 0.464. The quantitative estimate of drug-likeness (QED) is 0.208. The minimum Gasteiger partial charge on any atom is -0.484 e. The first kappa shape index (κ1) is 29.6. The number of esters is 1. The molecule has 2 aromatic heterocycles. The lowest BCUT2D eigenvalue weighted by molar-refractivity contribution is -0.123. The number of thiophene rings is 1. The molecule has 2 N–H and O–H groups in total. The number of carbonyl (C=O) groups excluding carboxylic acids is 3. The highest BCUT2D eigenvalue weighted by Gasteiger charge is 2.29. The molecule has 3 aromatic rings. The molecule has 40 heavy (non-hydrogen) atoms. The molecule has 4 rings (SSSR count). The lowest BCUT2D eigenvalue weighted by Gasteiger charge is -2.14. The van der Waals surface area contributed by atoms with Gasteiger partial charge >= 0.3 is 5.97 Å². The summed E-state index contributed by atoms with van der Waals surface area (Å²) in [6.45, 7) is 6.69. The number of nitrogens with one attached hydrogen (secondary N) is 2. The van der Waals surface area contributed by atoms with Gasteiger partial charge in [-0.3, -0.25) is 9.59 Å². The normalized spacial score (nSPS) is 13.0. The SMILES string of the molecule is CCCCn1c(CNC(=O)COc2ccccc2)nnc1S[C@H](C)C(=O)Nc1sc2c(c1C(=O)OCC)CCC2. The van der Waals surface area contributed by atoms with Gasteiger partial charge in [-0.2, -0.15) is 0 Å². The predicted molar refractivity (Wildman–Crippen MR) is 155 cm³/mol. The molecule has 0 saturated heterocycles. The Balaban J connectivity index is 1.39. The maximum Gasteiger partial charge on any atom is 0.341 e. The number of benzene rings is 1. The zero-order valence-electron chi connectivity index (χ0n) is 23.0. The van der Waals surface area contributed by atoms with Gasteiger partial charge < -0.3 is 24.7 Å². The van der Waals surface area contributed by atoms with Crippen LogP contribution in [0.4, 0.5) is 5.00 Å². The number of nitrogens with zero attached hydrogens (tertiary/aromatic N) is 3. The molecule has 2 amide bonds. The van der Waals surface area contributed by atoms with Crippen molar-refractivity contribution in [2.24, 2.45) is 0 Å². The molecular formula is C28H35N5O5S2. The Labute approximate surface area is 242 Å². The van der Waals surface area contributed by atoms with E-state index in [1.54, 1.807) is 26.0 Å². The number of rotatable bonds is 14. The molecule has 0 saturated carbocycles. The Morgan fingerprint density at radius 3 is 2.70 bits per heavy atom. The van der Waals surface area contributed by atoms with E-state index in [0.29, 0.717) is 33.8 Å². The topological polar surface area (TPSA) is 124 Å². The van der Waals surface area contributed by atoms with E-state index < -0.39 is 11.2 Å². The van der Waals surface area contributed by atoms with Gasteiger partial charge in [0.05, 0.1) is 24.0 Å². The number of hydrogen-bond acceptors (Lipinski definition) is 9. The number of amides is 2. The van der Waals surface area contributed by atoms with Crippen LogP contribution in [0.5, 0.6) is 5.75 Å². The van der Waals surface area contributed by atoms with E-state index in [-0.39, 0.29) is 31.6 Å². The van der Waals surface area contributed by atoms with E-state index in [1.165, 1.54) is 23.1 Å². The average Bonchev–Trinajstić information content (AvgIpc) is 3.65. The molecule has 2 heterocycles. The monoisotopic (exact) mass is 585 g/mol. The van der Waals surface area contributed by atoms with Crippen LogP contribution in [0.3, 0.4) is 0 Å². The first-order valence-corrected chi connectivity index (χ1v) is 15.3. The highest BCUT2D eigenvalue weighted by Crippen LogP contribution is 2.40. The van der Waals surface area contributed by atoms with E-state index in [2.05, 4.69) is 27.8 Å². The van der Waals surface area contributed by atoms with Crippen molar-refractivity contribution < 1.29 is 23.9 Å². The first-order chi connectivity index (χ1) is 19.4. The molecule has 0 fully saturated rings. The number of unbranched alkanes of at least 4 members (excludes halogenated alkanes) is 1. The van der Waals surface area contributed by atoms with E-state index in [4.69, 9.17) is 9.47 Å². The van der Waals surface area contributed by atoms with Crippen molar-refractivity contribution >= 4 is 45.9 Å². The van der Waals surface area contributed by atoms with Crippen LogP contribution < -0.4 is 15.4 Å². The summed E-state index contributed by atoms with van der Waals surface area (Å²) in [5, 5.41) is 15.1. The van der Waals surface area contributed by atoms with Crippen LogP contribution >= 0.6 is 23.1 Å². The number of ether oxygens (including phenoxy) is 2. The number of carbonyl (C=O) groups is 3. The summed E-state index contributed by atoms with van der Waals surface area (Å²) in [7, 11) is 0. The summed E-state index contributed by atoms with van der Waals surface area (Å²) in [6, 6.07) is 9.15. The number of thioether (sulfide) groups is 1. The van der Waals surface area contributed by atoms with E-state index in [9.17, 15) is 14.4 Å². The van der Waals surface area contributed by atoms with Crippen LogP contribution in [0.25, 0.3) is 0 Å². The molecule has 1 aliphatic carbocycles. The Morgan fingerprint density at radius 1 is 1.15 bits per heavy atom. The van der Waals surface area contributed by atoms with Gasteiger partial charge in [0, 0.05) is 11.4 Å². The number of anilines is 1. The second-order valence-corrected chi connectivity index (χ2v) is 11.7. The highest BCUT2D eigenvalue weighted by atomic mass is 32.2. The minimum atomic E-state index is -0.502. The summed E-state index contributed by atoms with van der Waals surface area (Å²) in [5.74, 6) is 0.342. The first-order valence-electron chi connectivity index (χ1n) is 13.6. The second kappa shape index (κ2) is 14.3. The smallest absolute Gasteiger partial charge is 0.341 e. The van der Waals surface area contributed by atoms with Gasteiger partial charge in [0.15, 0.2) is 17.6 Å². The van der Waals surface area contributed by atoms with Gasteiger partial charge in [-0.25, -0.2) is 4.79 Å². The minimum absolute atomic E-state index is 0.105. The third kappa shape index (κ3) is 7.42. The van der Waals surface area contributed by atoms with Gasteiger partial charge in [-0.1, -0.05) is 43.3 Å². The molecule has 0 spiro atoms. The average molecular weight is 586 g/mol. The van der Waals surface area contributed by atoms with E-state index in [0.717, 1.165) is 42.5 Å². The largest absolute Gasteiger partial charge is 0.484 e. The van der Waals surface area contributed by atoms with Crippen LogP contribution in [0.2, 0.25) is 0 Å². The Kier molecular flexibility index (Phi) is 10.6. The van der Waals surface area contributed by atoms with Crippen molar-refractivity contribution in [1.82, 2.24) is 20.1 Å². The maximum absolute atomic E-state index is 13.2. The lowest BCUT2D eigenvalue weighted by Crippen LogP contribution is -2.29. The molecule has 10 nitrogen and oxygen atoms in total. The molecule has 1 atom stereocenters. The summed E-state index contributed by atoms with van der Waals surface area (Å²) in [5.41, 5.74) is 1.49. The van der Waals surface area contributed by atoms with Crippen molar-refractivity contribution in [1.29, 1.82) is 0 Å². The lowest BCUT2D eigenvalue weighted by atomic mass is 10.1. The van der Waals surface area contributed by atoms with Crippen LogP contribution in [-0.2, 0) is 40.3 Å². The standard InChI is InChI=1S/C28H35N5O5S2/c1-4-6-15-33-22(16-29-23(34)17-38-19-11-8-7-9-12-19)31-32-28(33)39-18(3)25(35)30-26-24(27(36)37-5-2)20-13-10-14-21(20)40-26/h7-9,11-12,18H,4-6,10,13-17H2,1-3H3,(H,29,34)(H,30,35)/t18-/m1/s1. The fourth-order valence-corrected chi connectivity index (χ4v) is 6.48. The van der Waals surface area contributed by atoms with Gasteiger partial charge in [-0.15, -0.1) is 21.5 Å². The van der Waals surface area contributed by atoms with Gasteiger partial charge in [-0.05, 0) is 57.2 Å². The van der Waals surface area contributed by atoms with Crippen molar-refractivity contribution in [2.75, 3.05) is 18.5 Å². The Bertz CT molecular complexity index is 1320. The van der Waals surface area contributed by atoms with Crippen LogP contribution in [0.1, 0.15) is 66.7 Å². The van der Waals surface area contributed by atoms with Crippen molar-refractivity contribution in [3.8, 4) is 5.75 Å². The zero-order valence-corrected chi connectivity index (χ0v) is 24.7. The number of aryl methyl sites for hydroxylation is 1. The summed E-state index contributed by atoms with van der Waals surface area (Å²) < 4.78 is 12.7. The molecular weight excluding hydrogens is 550 g/mol. The molecule has 0 radical (unpaired) electrons. The molecule has 0 aliphatic heterocycles. The fourth-order valence-electron chi connectivity index (χ4n) is 4.31. The molecule has 12 heteroatoms. The summed E-state index contributed by atoms with van der Waals surface area (Å²) in [4.78, 5) is 39.4. The van der Waals surface area contributed by atoms with E-state index in [1.807, 2.05) is 22.8 Å². The number of para-hydroxylation sites is 1. The second-order valence-electron chi connectivity index (χ2n) is 9.31. The van der Waals surface area contributed by atoms with Crippen LogP contribution in [0.15, 0.2) is 35.5 Å². The third-order valence-electron chi connectivity index (χ3n) is 6.37. The molecule has 214 valence electrons. The van der Waals surface area contributed by atoms with Crippen molar-refractivity contribution in [3.63, 3.8) is 0 Å². The van der Waals surface area contributed by atoms with Gasteiger partial charge in [0.2, 0.25) is 5.91 Å². The highest BCUT2D eigenvalue weighted by molar-refractivity contribution is 8.00. The predicted octanol–water partition coefficient (Wildman–Crippen LogP) is 4.62. The van der Waals surface area contributed by atoms with Gasteiger partial charge in [0.1, 0.15) is 10.8 Å². The number of fused-ring (bicyclic) bond motifs is 1. The summed E-state index contributed by atoms with van der Waals surface area (Å²) in [6.07, 6.45) is 4.59. The zero-order chi connectivity index (χ0) is 28.5. The molecule has 0 bridgehead atoms. The van der Waals surface area contributed by atoms with Gasteiger partial charge in [0.25, 0.3) is 5.91 Å². The Hall–Kier alpha value is -3.38. The summed E-state index contributed by atoms with van der Waals surface area (Å²) >= 11 is 2.75. The van der Waals surface area contributed by atoms with Crippen LogP contribution in [0, 0.1) is 0 Å². The molecule has 1 aromatic carbocycles. The Morgan fingerprint density at radius 2 is 1.95 bits per heavy atom. The molecule has 1 aliphatic rings. The number of aromatic nitrogens is 3.